The number of halogens is 2. The Balaban J connectivity index is 2.22. The highest BCUT2D eigenvalue weighted by molar-refractivity contribution is 9.10. The third-order valence-electron chi connectivity index (χ3n) is 3.32. The lowest BCUT2D eigenvalue weighted by molar-refractivity contribution is 0.715. The molecule has 0 aliphatic rings. The van der Waals surface area contributed by atoms with Gasteiger partial charge in [0.2, 0.25) is 0 Å². The zero-order chi connectivity index (χ0) is 14.0. The number of hydrogen-bond acceptors (Lipinski definition) is 1. The fraction of sp³-hybridized carbons (Fsp3) is 0.250. The van der Waals surface area contributed by atoms with Crippen LogP contribution in [0.5, 0.6) is 0 Å². The SMILES string of the molecule is Cc1cc(C(N)Cc2ccc(Br)cc2)c(C)cc1Br. The van der Waals surface area contributed by atoms with Crippen LogP contribution in [0.3, 0.4) is 0 Å². The second kappa shape index (κ2) is 6.21. The van der Waals surface area contributed by atoms with Crippen molar-refractivity contribution in [2.24, 2.45) is 5.73 Å². The average Bonchev–Trinajstić information content (AvgIpc) is 2.36. The second-order valence-corrected chi connectivity index (χ2v) is 6.67. The maximum absolute atomic E-state index is 6.36. The van der Waals surface area contributed by atoms with Crippen LogP contribution in [0.2, 0.25) is 0 Å². The van der Waals surface area contributed by atoms with Gasteiger partial charge < -0.3 is 5.73 Å². The molecule has 2 rings (SSSR count). The molecule has 3 heteroatoms. The van der Waals surface area contributed by atoms with E-state index in [4.69, 9.17) is 5.73 Å². The minimum atomic E-state index is 0.0352. The molecule has 19 heavy (non-hydrogen) atoms. The summed E-state index contributed by atoms with van der Waals surface area (Å²) in [7, 11) is 0. The Kier molecular flexibility index (Phi) is 4.82. The van der Waals surface area contributed by atoms with Crippen molar-refractivity contribution in [2.45, 2.75) is 26.3 Å². The largest absolute Gasteiger partial charge is 0.324 e. The summed E-state index contributed by atoms with van der Waals surface area (Å²) < 4.78 is 2.24. The van der Waals surface area contributed by atoms with Crippen molar-refractivity contribution >= 4 is 31.9 Å². The Hall–Kier alpha value is -0.640. The minimum Gasteiger partial charge on any atom is -0.324 e. The normalized spacial score (nSPS) is 12.5. The molecule has 2 aromatic carbocycles. The summed E-state index contributed by atoms with van der Waals surface area (Å²) in [5.41, 5.74) is 11.3. The second-order valence-electron chi connectivity index (χ2n) is 4.90. The van der Waals surface area contributed by atoms with Crippen molar-refractivity contribution in [1.29, 1.82) is 0 Å². The Morgan fingerprint density at radius 3 is 2.26 bits per heavy atom. The lowest BCUT2D eigenvalue weighted by Crippen LogP contribution is -2.15. The molecule has 0 aliphatic carbocycles. The van der Waals surface area contributed by atoms with Crippen molar-refractivity contribution in [1.82, 2.24) is 0 Å². The van der Waals surface area contributed by atoms with Crippen LogP contribution in [0.4, 0.5) is 0 Å². The first-order valence-electron chi connectivity index (χ1n) is 6.24. The summed E-state index contributed by atoms with van der Waals surface area (Å²) in [6.45, 7) is 4.21. The highest BCUT2D eigenvalue weighted by Crippen LogP contribution is 2.26. The summed E-state index contributed by atoms with van der Waals surface area (Å²) >= 11 is 7.01. The summed E-state index contributed by atoms with van der Waals surface area (Å²) in [4.78, 5) is 0. The van der Waals surface area contributed by atoms with Gasteiger partial charge in [-0.15, -0.1) is 0 Å². The van der Waals surface area contributed by atoms with Gasteiger partial charge in [-0.2, -0.15) is 0 Å². The smallest absolute Gasteiger partial charge is 0.0338 e. The molecular formula is C16H17Br2N. The Morgan fingerprint density at radius 1 is 1.00 bits per heavy atom. The Bertz CT molecular complexity index is 576. The first kappa shape index (κ1) is 14.8. The summed E-state index contributed by atoms with van der Waals surface area (Å²) in [5, 5.41) is 0. The fourth-order valence-corrected chi connectivity index (χ4v) is 2.91. The standard InChI is InChI=1S/C16H17Br2N/c1-10-8-15(18)11(2)7-14(10)16(19)9-12-3-5-13(17)6-4-12/h3-8,16H,9,19H2,1-2H3. The third kappa shape index (κ3) is 3.68. The van der Waals surface area contributed by atoms with Crippen LogP contribution in [0.25, 0.3) is 0 Å². The molecule has 0 saturated carbocycles. The van der Waals surface area contributed by atoms with Crippen molar-refractivity contribution in [3.63, 3.8) is 0 Å². The van der Waals surface area contributed by atoms with Crippen LogP contribution in [-0.4, -0.2) is 0 Å². The molecule has 1 atom stereocenters. The van der Waals surface area contributed by atoms with E-state index in [2.05, 4.69) is 82.1 Å². The van der Waals surface area contributed by atoms with Crippen molar-refractivity contribution in [3.05, 3.63) is 67.6 Å². The molecule has 0 radical (unpaired) electrons. The molecular weight excluding hydrogens is 366 g/mol. The first-order chi connectivity index (χ1) is 8.97. The zero-order valence-corrected chi connectivity index (χ0v) is 14.3. The predicted octanol–water partition coefficient (Wildman–Crippen LogP) is 5.07. The van der Waals surface area contributed by atoms with Gasteiger partial charge >= 0.3 is 0 Å². The van der Waals surface area contributed by atoms with Crippen molar-refractivity contribution in [2.75, 3.05) is 0 Å². The van der Waals surface area contributed by atoms with Gasteiger partial charge in [0, 0.05) is 15.0 Å². The summed E-state index contributed by atoms with van der Waals surface area (Å²) in [6.07, 6.45) is 0.856. The van der Waals surface area contributed by atoms with Gasteiger partial charge in [0.15, 0.2) is 0 Å². The van der Waals surface area contributed by atoms with E-state index in [1.165, 1.54) is 22.3 Å². The van der Waals surface area contributed by atoms with Gasteiger partial charge in [-0.3, -0.25) is 0 Å². The molecule has 2 aromatic rings. The van der Waals surface area contributed by atoms with Crippen LogP contribution in [0.1, 0.15) is 28.3 Å². The van der Waals surface area contributed by atoms with E-state index < -0.39 is 0 Å². The molecule has 0 amide bonds. The van der Waals surface area contributed by atoms with E-state index in [0.717, 1.165) is 15.4 Å². The Morgan fingerprint density at radius 2 is 1.63 bits per heavy atom. The average molecular weight is 383 g/mol. The first-order valence-corrected chi connectivity index (χ1v) is 7.82. The van der Waals surface area contributed by atoms with Gasteiger partial charge in [-0.1, -0.05) is 50.1 Å². The zero-order valence-electron chi connectivity index (χ0n) is 11.1. The number of benzene rings is 2. The Labute approximate surface area is 131 Å². The maximum Gasteiger partial charge on any atom is 0.0338 e. The van der Waals surface area contributed by atoms with Gasteiger partial charge in [0.25, 0.3) is 0 Å². The molecule has 2 N–H and O–H groups in total. The maximum atomic E-state index is 6.36. The molecule has 0 heterocycles. The number of nitrogens with two attached hydrogens (primary N) is 1. The van der Waals surface area contributed by atoms with Crippen LogP contribution in [0.15, 0.2) is 45.3 Å². The number of rotatable bonds is 3. The van der Waals surface area contributed by atoms with E-state index >= 15 is 0 Å². The molecule has 100 valence electrons. The predicted molar refractivity (Wildman–Crippen MR) is 88.4 cm³/mol. The van der Waals surface area contributed by atoms with Gasteiger partial charge in [-0.05, 0) is 60.7 Å². The lowest BCUT2D eigenvalue weighted by Gasteiger charge is -2.16. The summed E-state index contributed by atoms with van der Waals surface area (Å²) in [6, 6.07) is 12.7. The van der Waals surface area contributed by atoms with E-state index in [9.17, 15) is 0 Å². The molecule has 0 fully saturated rings. The number of aryl methyl sites for hydroxylation is 2. The fourth-order valence-electron chi connectivity index (χ4n) is 2.19. The van der Waals surface area contributed by atoms with E-state index in [-0.39, 0.29) is 6.04 Å². The minimum absolute atomic E-state index is 0.0352. The van der Waals surface area contributed by atoms with Crippen LogP contribution in [-0.2, 0) is 6.42 Å². The van der Waals surface area contributed by atoms with Crippen molar-refractivity contribution in [3.8, 4) is 0 Å². The monoisotopic (exact) mass is 381 g/mol. The van der Waals surface area contributed by atoms with Gasteiger partial charge in [0.1, 0.15) is 0 Å². The number of hydrogen-bond donors (Lipinski definition) is 1. The molecule has 0 spiro atoms. The van der Waals surface area contributed by atoms with Gasteiger partial charge in [-0.25, -0.2) is 0 Å². The van der Waals surface area contributed by atoms with Crippen molar-refractivity contribution < 1.29 is 0 Å². The van der Waals surface area contributed by atoms with E-state index in [1.807, 2.05) is 0 Å². The quantitative estimate of drug-likeness (QED) is 0.787. The highest BCUT2D eigenvalue weighted by atomic mass is 79.9. The van der Waals surface area contributed by atoms with Crippen LogP contribution < -0.4 is 5.73 Å². The topological polar surface area (TPSA) is 26.0 Å². The molecule has 0 aliphatic heterocycles. The molecule has 0 aromatic heterocycles. The highest BCUT2D eigenvalue weighted by Gasteiger charge is 2.11. The van der Waals surface area contributed by atoms with E-state index in [0.29, 0.717) is 0 Å². The molecule has 0 saturated heterocycles. The molecule has 0 bridgehead atoms. The van der Waals surface area contributed by atoms with E-state index in [1.54, 1.807) is 0 Å². The molecule has 1 unspecified atom stereocenters. The van der Waals surface area contributed by atoms with Crippen LogP contribution in [0, 0.1) is 13.8 Å². The lowest BCUT2D eigenvalue weighted by atomic mass is 9.95. The molecule has 1 nitrogen and oxygen atoms in total. The summed E-state index contributed by atoms with van der Waals surface area (Å²) in [5.74, 6) is 0. The van der Waals surface area contributed by atoms with Crippen LogP contribution >= 0.6 is 31.9 Å². The third-order valence-corrected chi connectivity index (χ3v) is 4.70. The van der Waals surface area contributed by atoms with Gasteiger partial charge in [0.05, 0.1) is 0 Å².